The fourth-order valence-electron chi connectivity index (χ4n) is 3.22. The average Bonchev–Trinajstić information content (AvgIpc) is 2.61. The van der Waals surface area contributed by atoms with Gasteiger partial charge in [0, 0.05) is 31.7 Å². The minimum Gasteiger partial charge on any atom is -0.379 e. The summed E-state index contributed by atoms with van der Waals surface area (Å²) in [6, 6.07) is 14.3. The molecule has 0 aliphatic carbocycles. The second kappa shape index (κ2) is 8.28. The molecule has 1 aliphatic heterocycles. The Labute approximate surface area is 149 Å². The molecule has 0 atom stereocenters. The fraction of sp³-hybridized carbons (Fsp3) is 0.381. The maximum atomic E-state index is 12.5. The largest absolute Gasteiger partial charge is 0.379 e. The smallest absolute Gasteiger partial charge is 0.251 e. The Bertz CT molecular complexity index is 736. The molecule has 0 spiro atoms. The second-order valence-corrected chi connectivity index (χ2v) is 6.66. The van der Waals surface area contributed by atoms with E-state index in [9.17, 15) is 4.79 Å². The van der Waals surface area contributed by atoms with Crippen molar-refractivity contribution in [3.63, 3.8) is 0 Å². The van der Waals surface area contributed by atoms with Gasteiger partial charge in [0.15, 0.2) is 0 Å². The highest BCUT2D eigenvalue weighted by atomic mass is 16.5. The first-order valence-corrected chi connectivity index (χ1v) is 8.86. The maximum Gasteiger partial charge on any atom is 0.251 e. The zero-order valence-corrected chi connectivity index (χ0v) is 15.0. The van der Waals surface area contributed by atoms with E-state index in [-0.39, 0.29) is 5.91 Å². The van der Waals surface area contributed by atoms with Gasteiger partial charge in [-0.15, -0.1) is 0 Å². The lowest BCUT2D eigenvalue weighted by Crippen LogP contribution is -2.36. The Balaban J connectivity index is 1.65. The molecule has 0 unspecified atom stereocenters. The van der Waals surface area contributed by atoms with Gasteiger partial charge in [-0.3, -0.25) is 9.69 Å². The molecule has 132 valence electrons. The van der Waals surface area contributed by atoms with Crippen molar-refractivity contribution in [1.82, 2.24) is 10.2 Å². The molecule has 3 rings (SSSR count). The molecule has 0 saturated carbocycles. The molecule has 1 saturated heterocycles. The van der Waals surface area contributed by atoms with Gasteiger partial charge in [0.1, 0.15) is 0 Å². The van der Waals surface area contributed by atoms with Crippen LogP contribution < -0.4 is 5.32 Å². The van der Waals surface area contributed by atoms with Crippen LogP contribution in [0.5, 0.6) is 0 Å². The van der Waals surface area contributed by atoms with E-state index in [1.54, 1.807) is 0 Å². The van der Waals surface area contributed by atoms with Crippen LogP contribution >= 0.6 is 0 Å². The SMILES string of the molecule is Cc1ccc(C(=O)NCc2ccccc2CN2CCOCC2)c(C)c1. The third-order valence-corrected chi connectivity index (χ3v) is 4.68. The molecule has 1 amide bonds. The summed E-state index contributed by atoms with van der Waals surface area (Å²) in [5, 5.41) is 3.07. The average molecular weight is 338 g/mol. The molecule has 1 aliphatic rings. The normalized spacial score (nSPS) is 15.1. The summed E-state index contributed by atoms with van der Waals surface area (Å²) < 4.78 is 5.42. The van der Waals surface area contributed by atoms with Crippen molar-refractivity contribution in [1.29, 1.82) is 0 Å². The highest BCUT2D eigenvalue weighted by Crippen LogP contribution is 2.14. The van der Waals surface area contributed by atoms with E-state index in [2.05, 4.69) is 28.4 Å². The maximum absolute atomic E-state index is 12.5. The number of rotatable bonds is 5. The van der Waals surface area contributed by atoms with E-state index in [1.807, 2.05) is 38.1 Å². The molecule has 4 nitrogen and oxygen atoms in total. The summed E-state index contributed by atoms with van der Waals surface area (Å²) in [6.07, 6.45) is 0. The number of amides is 1. The third kappa shape index (κ3) is 4.68. The monoisotopic (exact) mass is 338 g/mol. The summed E-state index contributed by atoms with van der Waals surface area (Å²) in [5.74, 6) is -0.0151. The van der Waals surface area contributed by atoms with Crippen molar-refractivity contribution in [2.75, 3.05) is 26.3 Å². The van der Waals surface area contributed by atoms with Crippen LogP contribution in [0, 0.1) is 13.8 Å². The van der Waals surface area contributed by atoms with E-state index < -0.39 is 0 Å². The van der Waals surface area contributed by atoms with Gasteiger partial charge in [-0.25, -0.2) is 0 Å². The Morgan fingerprint density at radius 2 is 1.80 bits per heavy atom. The van der Waals surface area contributed by atoms with Crippen LogP contribution in [0.1, 0.15) is 32.6 Å². The predicted molar refractivity (Wildman–Crippen MR) is 99.6 cm³/mol. The minimum absolute atomic E-state index is 0.0151. The molecule has 1 fully saturated rings. The standard InChI is InChI=1S/C21H26N2O2/c1-16-7-8-20(17(2)13-16)21(24)22-14-18-5-3-4-6-19(18)15-23-9-11-25-12-10-23/h3-8,13H,9-12,14-15H2,1-2H3,(H,22,24). The topological polar surface area (TPSA) is 41.6 Å². The van der Waals surface area contributed by atoms with Crippen LogP contribution in [0.15, 0.2) is 42.5 Å². The van der Waals surface area contributed by atoms with Crippen LogP contribution in [-0.2, 0) is 17.8 Å². The molecular weight excluding hydrogens is 312 g/mol. The van der Waals surface area contributed by atoms with Gasteiger partial charge in [0.05, 0.1) is 13.2 Å². The third-order valence-electron chi connectivity index (χ3n) is 4.68. The van der Waals surface area contributed by atoms with Crippen LogP contribution in [0.4, 0.5) is 0 Å². The number of ether oxygens (including phenoxy) is 1. The molecule has 4 heteroatoms. The molecule has 2 aromatic carbocycles. The van der Waals surface area contributed by atoms with Gasteiger partial charge in [0.25, 0.3) is 5.91 Å². The number of benzene rings is 2. The summed E-state index contributed by atoms with van der Waals surface area (Å²) in [7, 11) is 0. The van der Waals surface area contributed by atoms with Crippen molar-refractivity contribution in [2.45, 2.75) is 26.9 Å². The molecule has 0 aromatic heterocycles. The van der Waals surface area contributed by atoms with Gasteiger partial charge in [0.2, 0.25) is 0 Å². The van der Waals surface area contributed by atoms with E-state index in [0.717, 1.165) is 44.0 Å². The van der Waals surface area contributed by atoms with E-state index in [1.165, 1.54) is 16.7 Å². The van der Waals surface area contributed by atoms with Crippen LogP contribution in [0.25, 0.3) is 0 Å². The summed E-state index contributed by atoms with van der Waals surface area (Å²) >= 11 is 0. The number of hydrogen-bond acceptors (Lipinski definition) is 3. The van der Waals surface area contributed by atoms with E-state index in [4.69, 9.17) is 4.74 Å². The van der Waals surface area contributed by atoms with Crippen LogP contribution in [0.2, 0.25) is 0 Å². The molecule has 0 bridgehead atoms. The van der Waals surface area contributed by atoms with Gasteiger partial charge in [-0.05, 0) is 36.6 Å². The van der Waals surface area contributed by atoms with Crippen LogP contribution in [0.3, 0.4) is 0 Å². The minimum atomic E-state index is -0.0151. The number of carbonyl (C=O) groups is 1. The zero-order chi connectivity index (χ0) is 17.6. The predicted octanol–water partition coefficient (Wildman–Crippen LogP) is 3.07. The fourth-order valence-corrected chi connectivity index (χ4v) is 3.22. The number of hydrogen-bond donors (Lipinski definition) is 1. The molecular formula is C21H26N2O2. The van der Waals surface area contributed by atoms with Crippen molar-refractivity contribution in [2.24, 2.45) is 0 Å². The second-order valence-electron chi connectivity index (χ2n) is 6.66. The Morgan fingerprint density at radius 3 is 2.52 bits per heavy atom. The van der Waals surface area contributed by atoms with Crippen molar-refractivity contribution < 1.29 is 9.53 Å². The first-order valence-electron chi connectivity index (χ1n) is 8.86. The highest BCUT2D eigenvalue weighted by Gasteiger charge is 2.14. The summed E-state index contributed by atoms with van der Waals surface area (Å²) in [6.45, 7) is 8.99. The van der Waals surface area contributed by atoms with E-state index >= 15 is 0 Å². The van der Waals surface area contributed by atoms with Crippen molar-refractivity contribution in [3.05, 3.63) is 70.3 Å². The van der Waals surface area contributed by atoms with Gasteiger partial charge >= 0.3 is 0 Å². The Morgan fingerprint density at radius 1 is 1.08 bits per heavy atom. The molecule has 1 N–H and O–H groups in total. The van der Waals surface area contributed by atoms with Gasteiger partial charge in [-0.2, -0.15) is 0 Å². The van der Waals surface area contributed by atoms with Crippen molar-refractivity contribution >= 4 is 5.91 Å². The quantitative estimate of drug-likeness (QED) is 0.911. The van der Waals surface area contributed by atoms with Crippen LogP contribution in [-0.4, -0.2) is 37.1 Å². The molecule has 0 radical (unpaired) electrons. The first-order chi connectivity index (χ1) is 12.1. The number of nitrogens with one attached hydrogen (secondary N) is 1. The Kier molecular flexibility index (Phi) is 5.84. The number of aryl methyl sites for hydroxylation is 2. The van der Waals surface area contributed by atoms with Crippen molar-refractivity contribution in [3.8, 4) is 0 Å². The van der Waals surface area contributed by atoms with E-state index in [0.29, 0.717) is 6.54 Å². The summed E-state index contributed by atoms with van der Waals surface area (Å²) in [4.78, 5) is 14.9. The number of carbonyl (C=O) groups excluding carboxylic acids is 1. The Hall–Kier alpha value is -2.17. The number of nitrogens with zero attached hydrogens (tertiary/aromatic N) is 1. The summed E-state index contributed by atoms with van der Waals surface area (Å²) in [5.41, 5.74) is 5.37. The molecule has 1 heterocycles. The van der Waals surface area contributed by atoms with Gasteiger partial charge in [-0.1, -0.05) is 42.0 Å². The lowest BCUT2D eigenvalue weighted by Gasteiger charge is -2.27. The lowest BCUT2D eigenvalue weighted by molar-refractivity contribution is 0.0340. The highest BCUT2D eigenvalue weighted by molar-refractivity contribution is 5.95. The molecule has 25 heavy (non-hydrogen) atoms. The zero-order valence-electron chi connectivity index (χ0n) is 15.0. The lowest BCUT2D eigenvalue weighted by atomic mass is 10.0. The van der Waals surface area contributed by atoms with Gasteiger partial charge < -0.3 is 10.1 Å². The molecule has 2 aromatic rings. The first kappa shape index (κ1) is 17.6. The number of morpholine rings is 1.